The van der Waals surface area contributed by atoms with E-state index in [0.717, 1.165) is 36.9 Å². The lowest BCUT2D eigenvalue weighted by Gasteiger charge is -2.39. The van der Waals surface area contributed by atoms with Crippen LogP contribution in [-0.4, -0.2) is 87.7 Å². The second kappa shape index (κ2) is 10.1. The van der Waals surface area contributed by atoms with Gasteiger partial charge in [-0.25, -0.2) is 8.42 Å². The van der Waals surface area contributed by atoms with Gasteiger partial charge in [-0.05, 0) is 50.8 Å². The topological polar surface area (TPSA) is 79.4 Å². The van der Waals surface area contributed by atoms with E-state index in [1.807, 2.05) is 0 Å². The highest BCUT2D eigenvalue weighted by Crippen LogP contribution is 2.27. The van der Waals surface area contributed by atoms with Gasteiger partial charge < -0.3 is 9.64 Å². The van der Waals surface area contributed by atoms with Crippen LogP contribution in [0.15, 0.2) is 23.1 Å². The lowest BCUT2D eigenvalue weighted by Crippen LogP contribution is -2.48. The lowest BCUT2D eigenvalue weighted by atomic mass is 9.95. The van der Waals surface area contributed by atoms with Crippen LogP contribution in [0.1, 0.15) is 37.0 Å². The first kappa shape index (κ1) is 24.4. The highest BCUT2D eigenvalue weighted by Gasteiger charge is 2.30. The zero-order chi connectivity index (χ0) is 22.8. The maximum absolute atomic E-state index is 13.0. The van der Waals surface area contributed by atoms with Gasteiger partial charge in [-0.15, -0.1) is 0 Å². The van der Waals surface area contributed by atoms with Crippen molar-refractivity contribution in [3.63, 3.8) is 0 Å². The number of hydrogen-bond acceptors (Lipinski definition) is 6. The van der Waals surface area contributed by atoms with E-state index in [1.54, 1.807) is 11.0 Å². The minimum Gasteiger partial charge on any atom is -0.373 e. The Morgan fingerprint density at radius 3 is 2.42 bits per heavy atom. The lowest BCUT2D eigenvalue weighted by molar-refractivity contribution is -0.0728. The fraction of sp³-hybridized carbons (Fsp3) is 0.667. The summed E-state index contributed by atoms with van der Waals surface area (Å²) in [4.78, 5) is 21.9. The molecular formula is C21H32ClN3O5S. The Morgan fingerprint density at radius 2 is 1.84 bits per heavy atom. The second-order valence-electron chi connectivity index (χ2n) is 8.45. The largest absolute Gasteiger partial charge is 0.373 e. The molecule has 2 fully saturated rings. The van der Waals surface area contributed by atoms with E-state index in [4.69, 9.17) is 21.2 Å². The number of nitrogens with zero attached hydrogens (tertiary/aromatic N) is 3. The summed E-state index contributed by atoms with van der Waals surface area (Å²) in [6, 6.07) is 4.34. The molecule has 3 rings (SSSR count). The molecule has 1 amide bonds. The van der Waals surface area contributed by atoms with Gasteiger partial charge in [0, 0.05) is 45.3 Å². The molecule has 0 N–H and O–H groups in total. The molecule has 0 saturated carbocycles. The van der Waals surface area contributed by atoms with Gasteiger partial charge in [0.1, 0.15) is 4.90 Å². The number of morpholine rings is 1. The first-order valence-corrected chi connectivity index (χ1v) is 12.4. The van der Waals surface area contributed by atoms with Crippen molar-refractivity contribution in [2.75, 3.05) is 46.9 Å². The molecule has 1 aromatic carbocycles. The Balaban J connectivity index is 1.63. The highest BCUT2D eigenvalue weighted by molar-refractivity contribution is 7.89. The number of hydrogen-bond donors (Lipinski definition) is 0. The van der Waals surface area contributed by atoms with Crippen LogP contribution in [0.4, 0.5) is 0 Å². The summed E-state index contributed by atoms with van der Waals surface area (Å²) in [5.41, 5.74) is 0.307. The third kappa shape index (κ3) is 5.77. The van der Waals surface area contributed by atoms with Crippen molar-refractivity contribution in [3.05, 3.63) is 28.8 Å². The standard InChI is InChI=1S/C21H32ClN3O5S/c1-15-12-24(13-16(2)30-15)14-17-7-9-25(10-8-17)21(26)18-5-6-19(22)20(11-18)31(27,28)23(3)29-4/h5-6,11,15-17H,7-10,12-14H2,1-4H3. The average Bonchev–Trinajstić information content (AvgIpc) is 2.72. The van der Waals surface area contributed by atoms with Crippen LogP contribution >= 0.6 is 11.6 Å². The molecule has 2 aliphatic heterocycles. The van der Waals surface area contributed by atoms with E-state index >= 15 is 0 Å². The number of halogens is 1. The van der Waals surface area contributed by atoms with Crippen molar-refractivity contribution in [1.82, 2.24) is 14.3 Å². The maximum atomic E-state index is 13.0. The number of rotatable bonds is 6. The normalized spacial score (nSPS) is 24.0. The summed E-state index contributed by atoms with van der Waals surface area (Å²) in [7, 11) is -1.42. The molecule has 10 heteroatoms. The predicted octanol–water partition coefficient (Wildman–Crippen LogP) is 2.48. The molecule has 0 spiro atoms. The van der Waals surface area contributed by atoms with Crippen molar-refractivity contribution in [3.8, 4) is 0 Å². The van der Waals surface area contributed by atoms with Crippen molar-refractivity contribution >= 4 is 27.5 Å². The summed E-state index contributed by atoms with van der Waals surface area (Å²) in [5, 5.41) is 0.0492. The quantitative estimate of drug-likeness (QED) is 0.590. The summed E-state index contributed by atoms with van der Waals surface area (Å²) < 4.78 is 31.7. The van der Waals surface area contributed by atoms with Gasteiger partial charge in [-0.1, -0.05) is 16.1 Å². The fourth-order valence-electron chi connectivity index (χ4n) is 4.37. The second-order valence-corrected chi connectivity index (χ2v) is 10.8. The Bertz CT molecular complexity index is 879. The third-order valence-corrected chi connectivity index (χ3v) is 8.13. The molecule has 2 atom stereocenters. The van der Waals surface area contributed by atoms with Gasteiger partial charge in [0.05, 0.1) is 24.3 Å². The zero-order valence-electron chi connectivity index (χ0n) is 18.6. The van der Waals surface area contributed by atoms with Gasteiger partial charge in [0.25, 0.3) is 15.9 Å². The predicted molar refractivity (Wildman–Crippen MR) is 118 cm³/mol. The first-order valence-electron chi connectivity index (χ1n) is 10.6. The number of benzene rings is 1. The number of carbonyl (C=O) groups is 1. The first-order chi connectivity index (χ1) is 14.6. The number of amides is 1. The van der Waals surface area contributed by atoms with E-state index < -0.39 is 10.0 Å². The molecule has 0 bridgehead atoms. The third-order valence-electron chi connectivity index (χ3n) is 5.97. The molecule has 2 unspecified atom stereocenters. The Kier molecular flexibility index (Phi) is 7.99. The SMILES string of the molecule is CON(C)S(=O)(=O)c1cc(C(=O)N2CCC(CN3CC(C)OC(C)C3)CC2)ccc1Cl. The van der Waals surface area contributed by atoms with Gasteiger partial charge >= 0.3 is 0 Å². The maximum Gasteiger partial charge on any atom is 0.266 e. The molecule has 31 heavy (non-hydrogen) atoms. The number of ether oxygens (including phenoxy) is 1. The van der Waals surface area contributed by atoms with Crippen molar-refractivity contribution in [2.45, 2.75) is 43.8 Å². The molecule has 0 aliphatic carbocycles. The van der Waals surface area contributed by atoms with Crippen LogP contribution in [0.5, 0.6) is 0 Å². The van der Waals surface area contributed by atoms with E-state index in [9.17, 15) is 13.2 Å². The molecule has 2 heterocycles. The Labute approximate surface area is 190 Å². The van der Waals surface area contributed by atoms with Gasteiger partial charge in [0.2, 0.25) is 0 Å². The van der Waals surface area contributed by atoms with Crippen LogP contribution in [0.3, 0.4) is 0 Å². The summed E-state index contributed by atoms with van der Waals surface area (Å²) >= 11 is 6.10. The fourth-order valence-corrected chi connectivity index (χ4v) is 5.84. The molecular weight excluding hydrogens is 442 g/mol. The molecule has 174 valence electrons. The molecule has 0 radical (unpaired) electrons. The summed E-state index contributed by atoms with van der Waals surface area (Å²) in [6.45, 7) is 8.43. The van der Waals surface area contributed by atoms with Gasteiger partial charge in [-0.3, -0.25) is 14.5 Å². The smallest absolute Gasteiger partial charge is 0.266 e. The van der Waals surface area contributed by atoms with Crippen LogP contribution in [-0.2, 0) is 19.6 Å². The minimum absolute atomic E-state index is 0.0492. The zero-order valence-corrected chi connectivity index (χ0v) is 20.2. The number of sulfonamides is 1. The summed E-state index contributed by atoms with van der Waals surface area (Å²) in [5.74, 6) is 0.360. The van der Waals surface area contributed by atoms with Crippen molar-refractivity contribution in [1.29, 1.82) is 0 Å². The van der Waals surface area contributed by atoms with Crippen molar-refractivity contribution in [2.24, 2.45) is 5.92 Å². The molecule has 1 aromatic rings. The van der Waals surface area contributed by atoms with Crippen LogP contribution in [0, 0.1) is 5.92 Å². The number of piperidine rings is 1. The van der Waals surface area contributed by atoms with Crippen LogP contribution in [0.25, 0.3) is 0 Å². The Hall–Kier alpha value is -1.23. The Morgan fingerprint density at radius 1 is 1.23 bits per heavy atom. The molecule has 0 aromatic heterocycles. The average molecular weight is 474 g/mol. The van der Waals surface area contributed by atoms with Gasteiger partial charge in [-0.2, -0.15) is 0 Å². The molecule has 8 nitrogen and oxygen atoms in total. The van der Waals surface area contributed by atoms with Crippen LogP contribution < -0.4 is 0 Å². The van der Waals surface area contributed by atoms with E-state index in [2.05, 4.69) is 18.7 Å². The molecule has 2 aliphatic rings. The van der Waals surface area contributed by atoms with Crippen molar-refractivity contribution < 1.29 is 22.8 Å². The molecule has 2 saturated heterocycles. The van der Waals surface area contributed by atoms with E-state index in [0.29, 0.717) is 24.6 Å². The van der Waals surface area contributed by atoms with E-state index in [-0.39, 0.29) is 28.0 Å². The number of hydroxylamine groups is 1. The van der Waals surface area contributed by atoms with Gasteiger partial charge in [0.15, 0.2) is 0 Å². The number of carbonyl (C=O) groups excluding carboxylic acids is 1. The monoisotopic (exact) mass is 473 g/mol. The minimum atomic E-state index is -3.95. The van der Waals surface area contributed by atoms with Crippen LogP contribution in [0.2, 0.25) is 5.02 Å². The highest BCUT2D eigenvalue weighted by atomic mass is 35.5. The van der Waals surface area contributed by atoms with E-state index in [1.165, 1.54) is 26.3 Å². The summed E-state index contributed by atoms with van der Waals surface area (Å²) in [6.07, 6.45) is 2.35. The number of likely N-dealkylation sites (tertiary alicyclic amines) is 1.